The zero-order valence-electron chi connectivity index (χ0n) is 9.95. The fourth-order valence-electron chi connectivity index (χ4n) is 2.85. The van der Waals surface area contributed by atoms with E-state index in [0.29, 0.717) is 5.56 Å². The lowest BCUT2D eigenvalue weighted by atomic mass is 9.71. The Kier molecular flexibility index (Phi) is 3.18. The van der Waals surface area contributed by atoms with E-state index in [1.165, 1.54) is 12.1 Å². The highest BCUT2D eigenvalue weighted by Crippen LogP contribution is 2.42. The van der Waals surface area contributed by atoms with Gasteiger partial charge in [0.25, 0.3) is 0 Å². The minimum Gasteiger partial charge on any atom is -0.481 e. The molecule has 1 aromatic carbocycles. The molecular weight excluding hydrogens is 219 g/mol. The molecule has 1 N–H and O–H groups in total. The fourth-order valence-corrected chi connectivity index (χ4v) is 2.85. The summed E-state index contributed by atoms with van der Waals surface area (Å²) in [5.41, 5.74) is -0.379. The number of rotatable bonds is 3. The monoisotopic (exact) mass is 236 g/mol. The van der Waals surface area contributed by atoms with Gasteiger partial charge in [-0.05, 0) is 43.4 Å². The summed E-state index contributed by atoms with van der Waals surface area (Å²) < 4.78 is 13.3. The first-order valence-electron chi connectivity index (χ1n) is 6.04. The molecule has 1 aliphatic rings. The van der Waals surface area contributed by atoms with Crippen LogP contribution in [0.5, 0.6) is 0 Å². The van der Waals surface area contributed by atoms with Gasteiger partial charge in [-0.25, -0.2) is 4.39 Å². The largest absolute Gasteiger partial charge is 0.481 e. The third-order valence-electron chi connectivity index (χ3n) is 4.04. The van der Waals surface area contributed by atoms with Gasteiger partial charge in [-0.15, -0.1) is 0 Å². The second-order valence-corrected chi connectivity index (χ2v) is 5.00. The molecule has 17 heavy (non-hydrogen) atoms. The molecule has 1 unspecified atom stereocenters. The van der Waals surface area contributed by atoms with Gasteiger partial charge >= 0.3 is 5.97 Å². The average molecular weight is 236 g/mol. The van der Waals surface area contributed by atoms with E-state index in [2.05, 4.69) is 0 Å². The molecule has 1 fully saturated rings. The van der Waals surface area contributed by atoms with Crippen LogP contribution in [-0.4, -0.2) is 11.1 Å². The van der Waals surface area contributed by atoms with Crippen LogP contribution in [0.2, 0.25) is 0 Å². The molecule has 2 nitrogen and oxygen atoms in total. The van der Waals surface area contributed by atoms with Crippen LogP contribution in [0.25, 0.3) is 0 Å². The lowest BCUT2D eigenvalue weighted by Crippen LogP contribution is -2.39. The van der Waals surface area contributed by atoms with Crippen molar-refractivity contribution < 1.29 is 14.3 Å². The summed E-state index contributed by atoms with van der Waals surface area (Å²) in [6.07, 6.45) is 3.98. The van der Waals surface area contributed by atoms with Gasteiger partial charge in [0.15, 0.2) is 0 Å². The number of carboxylic acid groups (broad SMARTS) is 1. The van der Waals surface area contributed by atoms with Gasteiger partial charge < -0.3 is 5.11 Å². The van der Waals surface area contributed by atoms with Crippen molar-refractivity contribution in [3.05, 3.63) is 35.6 Å². The van der Waals surface area contributed by atoms with Crippen LogP contribution in [0.1, 0.15) is 38.2 Å². The normalized spacial score (nSPS) is 20.1. The molecule has 0 spiro atoms. The second-order valence-electron chi connectivity index (χ2n) is 5.00. The maximum absolute atomic E-state index is 13.3. The topological polar surface area (TPSA) is 37.3 Å². The lowest BCUT2D eigenvalue weighted by Gasteiger charge is -2.31. The number of halogens is 1. The highest BCUT2D eigenvalue weighted by atomic mass is 19.1. The van der Waals surface area contributed by atoms with Crippen molar-refractivity contribution in [1.82, 2.24) is 0 Å². The highest BCUT2D eigenvalue weighted by molar-refractivity contribution is 5.81. The van der Waals surface area contributed by atoms with Gasteiger partial charge in [0.2, 0.25) is 0 Å². The van der Waals surface area contributed by atoms with Crippen LogP contribution in [0.4, 0.5) is 4.39 Å². The minimum absolute atomic E-state index is 0.113. The molecular formula is C14H17FO2. The van der Waals surface area contributed by atoms with E-state index in [0.717, 1.165) is 25.7 Å². The van der Waals surface area contributed by atoms with Crippen LogP contribution in [0.3, 0.4) is 0 Å². The molecule has 0 saturated heterocycles. The Morgan fingerprint density at radius 3 is 2.59 bits per heavy atom. The van der Waals surface area contributed by atoms with Crippen molar-refractivity contribution in [1.29, 1.82) is 0 Å². The van der Waals surface area contributed by atoms with E-state index in [1.807, 2.05) is 0 Å². The smallest absolute Gasteiger partial charge is 0.314 e. The van der Waals surface area contributed by atoms with Crippen LogP contribution < -0.4 is 0 Å². The minimum atomic E-state index is -0.960. The van der Waals surface area contributed by atoms with E-state index in [-0.39, 0.29) is 11.7 Å². The summed E-state index contributed by atoms with van der Waals surface area (Å²) in [5, 5.41) is 9.51. The summed E-state index contributed by atoms with van der Waals surface area (Å²) in [5.74, 6) is -1.11. The fraction of sp³-hybridized carbons (Fsp3) is 0.500. The molecule has 1 saturated carbocycles. The van der Waals surface area contributed by atoms with Crippen LogP contribution >= 0.6 is 0 Å². The molecule has 0 heterocycles. The number of aliphatic carboxylic acids is 1. The average Bonchev–Trinajstić information content (AvgIpc) is 2.81. The first-order valence-corrected chi connectivity index (χ1v) is 6.04. The number of hydrogen-bond acceptors (Lipinski definition) is 1. The Labute approximate surface area is 100 Å². The molecule has 2 rings (SSSR count). The molecule has 0 bridgehead atoms. The molecule has 92 valence electrons. The lowest BCUT2D eigenvalue weighted by molar-refractivity contribution is -0.145. The third-order valence-corrected chi connectivity index (χ3v) is 4.04. The summed E-state index contributed by atoms with van der Waals surface area (Å²) in [6, 6.07) is 6.00. The standard InChI is InChI=1S/C14H17FO2/c1-14(13(16)17,10-5-2-3-6-10)11-7-4-8-12(15)9-11/h4,7-10H,2-3,5-6H2,1H3,(H,16,17). The summed E-state index contributed by atoms with van der Waals surface area (Å²) in [6.45, 7) is 1.72. The van der Waals surface area contributed by atoms with Gasteiger partial charge in [-0.3, -0.25) is 4.79 Å². The van der Waals surface area contributed by atoms with Crippen LogP contribution in [0.15, 0.2) is 24.3 Å². The van der Waals surface area contributed by atoms with Crippen molar-refractivity contribution in [2.45, 2.75) is 38.0 Å². The van der Waals surface area contributed by atoms with E-state index in [4.69, 9.17) is 0 Å². The molecule has 1 aromatic rings. The Morgan fingerprint density at radius 1 is 1.41 bits per heavy atom. The highest BCUT2D eigenvalue weighted by Gasteiger charge is 2.44. The van der Waals surface area contributed by atoms with E-state index < -0.39 is 11.4 Å². The SMILES string of the molecule is CC(C(=O)O)(c1cccc(F)c1)C1CCCC1. The molecule has 0 aliphatic heterocycles. The zero-order valence-corrected chi connectivity index (χ0v) is 9.95. The zero-order chi connectivity index (χ0) is 12.5. The van der Waals surface area contributed by atoms with Crippen LogP contribution in [-0.2, 0) is 10.2 Å². The van der Waals surface area contributed by atoms with Gasteiger partial charge in [0.1, 0.15) is 5.82 Å². The van der Waals surface area contributed by atoms with Gasteiger partial charge in [-0.2, -0.15) is 0 Å². The van der Waals surface area contributed by atoms with Crippen molar-refractivity contribution in [3.63, 3.8) is 0 Å². The Bertz CT molecular complexity index is 424. The molecule has 1 atom stereocenters. The van der Waals surface area contributed by atoms with E-state index in [1.54, 1.807) is 19.1 Å². The summed E-state index contributed by atoms with van der Waals surface area (Å²) in [4.78, 5) is 11.6. The quantitative estimate of drug-likeness (QED) is 0.873. The molecule has 0 amide bonds. The van der Waals surface area contributed by atoms with Crippen molar-refractivity contribution >= 4 is 5.97 Å². The summed E-state index contributed by atoms with van der Waals surface area (Å²) >= 11 is 0. The Morgan fingerprint density at radius 2 is 2.06 bits per heavy atom. The van der Waals surface area contributed by atoms with E-state index in [9.17, 15) is 14.3 Å². The number of carbonyl (C=O) groups is 1. The second kappa shape index (κ2) is 4.47. The number of benzene rings is 1. The molecule has 0 aromatic heterocycles. The Hall–Kier alpha value is -1.38. The predicted molar refractivity (Wildman–Crippen MR) is 63.3 cm³/mol. The maximum Gasteiger partial charge on any atom is 0.314 e. The van der Waals surface area contributed by atoms with Crippen molar-refractivity contribution in [3.8, 4) is 0 Å². The third kappa shape index (κ3) is 2.06. The van der Waals surface area contributed by atoms with Gasteiger partial charge in [0, 0.05) is 0 Å². The maximum atomic E-state index is 13.3. The molecule has 1 aliphatic carbocycles. The first-order chi connectivity index (χ1) is 8.05. The van der Waals surface area contributed by atoms with Crippen molar-refractivity contribution in [2.24, 2.45) is 5.92 Å². The number of hydrogen-bond donors (Lipinski definition) is 1. The molecule has 0 radical (unpaired) electrons. The predicted octanol–water partition coefficient (Wildman–Crippen LogP) is 3.36. The first kappa shape index (κ1) is 12.1. The van der Waals surface area contributed by atoms with Gasteiger partial charge in [0.05, 0.1) is 5.41 Å². The summed E-state index contributed by atoms with van der Waals surface area (Å²) in [7, 11) is 0. The Balaban J connectivity index is 2.43. The van der Waals surface area contributed by atoms with E-state index >= 15 is 0 Å². The van der Waals surface area contributed by atoms with Gasteiger partial charge in [-0.1, -0.05) is 25.0 Å². The van der Waals surface area contributed by atoms with Crippen LogP contribution in [0, 0.1) is 11.7 Å². The molecule has 3 heteroatoms. The van der Waals surface area contributed by atoms with Crippen molar-refractivity contribution in [2.75, 3.05) is 0 Å². The number of carboxylic acids is 1.